The van der Waals surface area contributed by atoms with Crippen molar-refractivity contribution in [2.75, 3.05) is 53.6 Å². The van der Waals surface area contributed by atoms with Crippen LogP contribution in [0, 0.1) is 0 Å². The van der Waals surface area contributed by atoms with E-state index in [9.17, 15) is 4.79 Å². The van der Waals surface area contributed by atoms with E-state index in [1.807, 2.05) is 23.1 Å². The molecule has 2 aliphatic rings. The minimum Gasteiger partial charge on any atom is -0.493 e. The Kier molecular flexibility index (Phi) is 6.34. The van der Waals surface area contributed by atoms with E-state index in [4.69, 9.17) is 18.9 Å². The number of benzene rings is 1. The van der Waals surface area contributed by atoms with E-state index >= 15 is 0 Å². The molecule has 2 aliphatic heterocycles. The molecule has 0 radical (unpaired) electrons. The molecule has 1 spiro atoms. The van der Waals surface area contributed by atoms with Crippen LogP contribution in [-0.4, -0.2) is 70.2 Å². The number of rotatable bonds is 7. The first-order chi connectivity index (χ1) is 12.7. The predicted molar refractivity (Wildman–Crippen MR) is 96.6 cm³/mol. The molecule has 0 aliphatic carbocycles. The Morgan fingerprint density at radius 3 is 2.50 bits per heavy atom. The van der Waals surface area contributed by atoms with Crippen molar-refractivity contribution in [1.29, 1.82) is 0 Å². The van der Waals surface area contributed by atoms with Gasteiger partial charge in [-0.25, -0.2) is 0 Å². The van der Waals surface area contributed by atoms with Crippen molar-refractivity contribution in [3.05, 3.63) is 23.8 Å². The van der Waals surface area contributed by atoms with Gasteiger partial charge in [0, 0.05) is 25.9 Å². The Labute approximate surface area is 154 Å². The number of carbonyl (C=O) groups is 1. The third-order valence-corrected chi connectivity index (χ3v) is 5.01. The zero-order valence-corrected chi connectivity index (χ0v) is 15.6. The zero-order chi connectivity index (χ0) is 18.4. The highest BCUT2D eigenvalue weighted by atomic mass is 16.7. The van der Waals surface area contributed by atoms with Crippen LogP contribution in [0.25, 0.3) is 0 Å². The summed E-state index contributed by atoms with van der Waals surface area (Å²) >= 11 is 0. The molecule has 3 rings (SSSR count). The van der Waals surface area contributed by atoms with E-state index in [1.54, 1.807) is 14.2 Å². The average molecular weight is 364 g/mol. The van der Waals surface area contributed by atoms with Gasteiger partial charge in [-0.15, -0.1) is 0 Å². The molecule has 2 fully saturated rings. The first-order valence-corrected chi connectivity index (χ1v) is 9.13. The van der Waals surface area contributed by atoms with Crippen LogP contribution in [0.3, 0.4) is 0 Å². The lowest BCUT2D eigenvalue weighted by atomic mass is 10.0. The van der Waals surface area contributed by atoms with Gasteiger partial charge >= 0.3 is 0 Å². The van der Waals surface area contributed by atoms with Crippen LogP contribution in [0.2, 0.25) is 0 Å². The lowest BCUT2D eigenvalue weighted by molar-refractivity contribution is -0.187. The Bertz CT molecular complexity index is 606. The van der Waals surface area contributed by atoms with Crippen LogP contribution in [0.15, 0.2) is 18.2 Å². The lowest BCUT2D eigenvalue weighted by Crippen LogP contribution is -2.49. The highest BCUT2D eigenvalue weighted by Gasteiger charge is 2.40. The summed E-state index contributed by atoms with van der Waals surface area (Å²) in [6.07, 6.45) is 2.33. The number of nitrogens with zero attached hydrogens (tertiary/aromatic N) is 1. The van der Waals surface area contributed by atoms with Gasteiger partial charge in [0.05, 0.1) is 34.0 Å². The summed E-state index contributed by atoms with van der Waals surface area (Å²) in [6.45, 7) is 3.77. The molecule has 0 bridgehead atoms. The molecule has 1 aromatic carbocycles. The lowest BCUT2D eigenvalue weighted by Gasteiger charge is -2.37. The molecule has 0 saturated carbocycles. The minimum atomic E-state index is -0.433. The summed E-state index contributed by atoms with van der Waals surface area (Å²) in [4.78, 5) is 14.2. The Morgan fingerprint density at radius 2 is 1.85 bits per heavy atom. The maximum atomic E-state index is 12.3. The Balaban J connectivity index is 1.38. The number of hydrogen-bond acceptors (Lipinski definition) is 6. The summed E-state index contributed by atoms with van der Waals surface area (Å²) < 4.78 is 22.0. The van der Waals surface area contributed by atoms with Crippen molar-refractivity contribution in [2.45, 2.75) is 25.0 Å². The van der Waals surface area contributed by atoms with E-state index in [0.717, 1.165) is 42.9 Å². The molecule has 1 amide bonds. The number of hydrogen-bond donors (Lipinski definition) is 1. The predicted octanol–water partition coefficient (Wildman–Crippen LogP) is 1.20. The van der Waals surface area contributed by atoms with Crippen molar-refractivity contribution in [3.8, 4) is 11.5 Å². The number of methoxy groups -OCH3 is 2. The Hall–Kier alpha value is -1.83. The second kappa shape index (κ2) is 8.70. The SMILES string of the molecule is COc1ccc(CCNCC(=O)N2CCC3(CC2)OCCO3)cc1OC. The topological polar surface area (TPSA) is 69.3 Å². The molecule has 0 aromatic heterocycles. The molecule has 1 N–H and O–H groups in total. The largest absolute Gasteiger partial charge is 0.493 e. The molecule has 1 aromatic rings. The maximum Gasteiger partial charge on any atom is 0.236 e. The summed E-state index contributed by atoms with van der Waals surface area (Å²) in [5.74, 6) is 1.14. The number of piperidine rings is 1. The van der Waals surface area contributed by atoms with Crippen LogP contribution in [0.4, 0.5) is 0 Å². The molecular formula is C19H28N2O5. The third-order valence-electron chi connectivity index (χ3n) is 5.01. The molecule has 7 heteroatoms. The zero-order valence-electron chi connectivity index (χ0n) is 15.6. The van der Waals surface area contributed by atoms with Crippen LogP contribution in [0.1, 0.15) is 18.4 Å². The molecule has 2 saturated heterocycles. The highest BCUT2D eigenvalue weighted by molar-refractivity contribution is 5.78. The van der Waals surface area contributed by atoms with Crippen molar-refractivity contribution in [1.82, 2.24) is 10.2 Å². The number of carbonyl (C=O) groups excluding carboxylic acids is 1. The number of amides is 1. The van der Waals surface area contributed by atoms with Gasteiger partial charge in [-0.2, -0.15) is 0 Å². The molecule has 144 valence electrons. The fraction of sp³-hybridized carbons (Fsp3) is 0.632. The smallest absolute Gasteiger partial charge is 0.236 e. The normalized spacial score (nSPS) is 18.9. The number of ether oxygens (including phenoxy) is 4. The monoisotopic (exact) mass is 364 g/mol. The quantitative estimate of drug-likeness (QED) is 0.734. The molecule has 0 unspecified atom stereocenters. The first-order valence-electron chi connectivity index (χ1n) is 9.13. The molecular weight excluding hydrogens is 336 g/mol. The van der Waals surface area contributed by atoms with Gasteiger partial charge in [0.15, 0.2) is 17.3 Å². The van der Waals surface area contributed by atoms with Gasteiger partial charge < -0.3 is 29.2 Å². The molecule has 26 heavy (non-hydrogen) atoms. The first kappa shape index (κ1) is 18.9. The Morgan fingerprint density at radius 1 is 1.15 bits per heavy atom. The van der Waals surface area contributed by atoms with E-state index in [2.05, 4.69) is 5.32 Å². The van der Waals surface area contributed by atoms with Crippen molar-refractivity contribution >= 4 is 5.91 Å². The van der Waals surface area contributed by atoms with E-state index in [-0.39, 0.29) is 5.91 Å². The van der Waals surface area contributed by atoms with Gasteiger partial charge in [0.2, 0.25) is 5.91 Å². The van der Waals surface area contributed by atoms with Gasteiger partial charge in [0.25, 0.3) is 0 Å². The van der Waals surface area contributed by atoms with Crippen molar-refractivity contribution in [3.63, 3.8) is 0 Å². The van der Waals surface area contributed by atoms with Crippen LogP contribution in [-0.2, 0) is 20.7 Å². The van der Waals surface area contributed by atoms with E-state index < -0.39 is 5.79 Å². The summed E-state index contributed by atoms with van der Waals surface area (Å²) in [6, 6.07) is 5.88. The third kappa shape index (κ3) is 4.47. The van der Waals surface area contributed by atoms with Crippen LogP contribution in [0.5, 0.6) is 11.5 Å². The summed E-state index contributed by atoms with van der Waals surface area (Å²) in [5.41, 5.74) is 1.14. The van der Waals surface area contributed by atoms with Gasteiger partial charge in [-0.1, -0.05) is 6.07 Å². The molecule has 2 heterocycles. The average Bonchev–Trinajstić information content (AvgIpc) is 3.13. The summed E-state index contributed by atoms with van der Waals surface area (Å²) in [7, 11) is 3.25. The van der Waals surface area contributed by atoms with Gasteiger partial charge in [-0.3, -0.25) is 4.79 Å². The van der Waals surface area contributed by atoms with Crippen LogP contribution < -0.4 is 14.8 Å². The highest BCUT2D eigenvalue weighted by Crippen LogP contribution is 2.31. The van der Waals surface area contributed by atoms with Crippen molar-refractivity contribution < 1.29 is 23.7 Å². The molecule has 0 atom stereocenters. The minimum absolute atomic E-state index is 0.130. The second-order valence-corrected chi connectivity index (χ2v) is 6.60. The number of likely N-dealkylation sites (tertiary alicyclic amines) is 1. The standard InChI is InChI=1S/C19H28N2O5/c1-23-16-4-3-15(13-17(16)24-2)5-8-20-14-18(22)21-9-6-19(7-10-21)25-11-12-26-19/h3-4,13,20H,5-12,14H2,1-2H3. The fourth-order valence-corrected chi connectivity index (χ4v) is 3.46. The van der Waals surface area contributed by atoms with Crippen LogP contribution >= 0.6 is 0 Å². The second-order valence-electron chi connectivity index (χ2n) is 6.60. The van der Waals surface area contributed by atoms with E-state index in [0.29, 0.717) is 32.8 Å². The van der Waals surface area contributed by atoms with Gasteiger partial charge in [0.1, 0.15) is 0 Å². The van der Waals surface area contributed by atoms with Crippen molar-refractivity contribution in [2.24, 2.45) is 0 Å². The van der Waals surface area contributed by atoms with E-state index in [1.165, 1.54) is 0 Å². The summed E-state index contributed by atoms with van der Waals surface area (Å²) in [5, 5.41) is 3.23. The van der Waals surface area contributed by atoms with Gasteiger partial charge in [-0.05, 0) is 30.7 Å². The number of nitrogens with one attached hydrogen (secondary N) is 1. The fourth-order valence-electron chi connectivity index (χ4n) is 3.46. The molecule has 7 nitrogen and oxygen atoms in total. The maximum absolute atomic E-state index is 12.3.